The summed E-state index contributed by atoms with van der Waals surface area (Å²) < 4.78 is 4.73. The minimum Gasteiger partial charge on any atom is -0.462 e. The predicted octanol–water partition coefficient (Wildman–Crippen LogP) is 1.53. The zero-order valence-electron chi connectivity index (χ0n) is 7.13. The molecule has 2 N–H and O–H groups in total. The molecular weight excluding hydrogens is 178 g/mol. The molecule has 0 amide bonds. The van der Waals surface area contributed by atoms with Gasteiger partial charge in [0.25, 0.3) is 0 Å². The van der Waals surface area contributed by atoms with Gasteiger partial charge in [0.1, 0.15) is 0 Å². The SMILES string of the molecule is CCOC(=O)/C(C=CCl)=C(\C)N. The first-order chi connectivity index (χ1) is 5.63. The Morgan fingerprint density at radius 1 is 1.67 bits per heavy atom. The van der Waals surface area contributed by atoms with Crippen LogP contribution in [0.2, 0.25) is 0 Å². The maximum absolute atomic E-state index is 11.1. The fourth-order valence-electron chi connectivity index (χ4n) is 0.632. The molecule has 0 aliphatic rings. The molecule has 0 rings (SSSR count). The van der Waals surface area contributed by atoms with E-state index in [0.29, 0.717) is 17.9 Å². The maximum atomic E-state index is 11.1. The molecular formula is C8H12ClNO2. The van der Waals surface area contributed by atoms with E-state index >= 15 is 0 Å². The van der Waals surface area contributed by atoms with Crippen LogP contribution in [0, 0.1) is 0 Å². The highest BCUT2D eigenvalue weighted by molar-refractivity contribution is 6.25. The van der Waals surface area contributed by atoms with Crippen molar-refractivity contribution in [3.8, 4) is 0 Å². The number of hydrogen-bond donors (Lipinski definition) is 1. The smallest absolute Gasteiger partial charge is 0.339 e. The monoisotopic (exact) mass is 189 g/mol. The van der Waals surface area contributed by atoms with Gasteiger partial charge in [0.15, 0.2) is 0 Å². The molecule has 0 aliphatic carbocycles. The van der Waals surface area contributed by atoms with Crippen LogP contribution in [0.1, 0.15) is 13.8 Å². The molecule has 0 saturated carbocycles. The average molecular weight is 190 g/mol. The molecule has 0 aromatic carbocycles. The lowest BCUT2D eigenvalue weighted by Crippen LogP contribution is -2.10. The molecule has 4 heteroatoms. The molecule has 0 aromatic heterocycles. The Balaban J connectivity index is 4.54. The predicted molar refractivity (Wildman–Crippen MR) is 48.5 cm³/mol. The van der Waals surface area contributed by atoms with Gasteiger partial charge < -0.3 is 10.5 Å². The highest BCUT2D eigenvalue weighted by Gasteiger charge is 2.08. The van der Waals surface area contributed by atoms with Crippen LogP contribution in [0.5, 0.6) is 0 Å². The van der Waals surface area contributed by atoms with E-state index in [4.69, 9.17) is 22.1 Å². The first kappa shape index (κ1) is 11.0. The Bertz CT molecular complexity index is 217. The van der Waals surface area contributed by atoms with Crippen molar-refractivity contribution < 1.29 is 9.53 Å². The molecule has 3 nitrogen and oxygen atoms in total. The molecule has 0 unspecified atom stereocenters. The number of carbonyl (C=O) groups excluding carboxylic acids is 1. The molecule has 12 heavy (non-hydrogen) atoms. The van der Waals surface area contributed by atoms with Crippen molar-refractivity contribution >= 4 is 17.6 Å². The van der Waals surface area contributed by atoms with Gasteiger partial charge >= 0.3 is 5.97 Å². The van der Waals surface area contributed by atoms with Crippen molar-refractivity contribution in [3.63, 3.8) is 0 Å². The highest BCUT2D eigenvalue weighted by Crippen LogP contribution is 2.04. The molecule has 0 bridgehead atoms. The molecule has 68 valence electrons. The largest absolute Gasteiger partial charge is 0.462 e. The van der Waals surface area contributed by atoms with E-state index in [0.717, 1.165) is 0 Å². The molecule has 0 heterocycles. The third kappa shape index (κ3) is 3.44. The van der Waals surface area contributed by atoms with Gasteiger partial charge in [0, 0.05) is 11.2 Å². The summed E-state index contributed by atoms with van der Waals surface area (Å²) in [5, 5.41) is 0. The van der Waals surface area contributed by atoms with E-state index in [2.05, 4.69) is 0 Å². The van der Waals surface area contributed by atoms with Crippen molar-refractivity contribution in [2.45, 2.75) is 13.8 Å². The Kier molecular flexibility index (Phi) is 5.21. The van der Waals surface area contributed by atoms with E-state index in [9.17, 15) is 4.79 Å². The van der Waals surface area contributed by atoms with Gasteiger partial charge in [-0.3, -0.25) is 0 Å². The third-order valence-electron chi connectivity index (χ3n) is 1.15. The standard InChI is InChI=1S/C8H12ClNO2/c1-3-12-8(11)7(4-5-9)6(2)10/h4-5H,3,10H2,1-2H3/b5-4?,7-6+. The number of ether oxygens (including phenoxy) is 1. The minimum atomic E-state index is -0.450. The lowest BCUT2D eigenvalue weighted by atomic mass is 10.2. The summed E-state index contributed by atoms with van der Waals surface area (Å²) in [6.07, 6.45) is 1.41. The quantitative estimate of drug-likeness (QED) is 0.416. The van der Waals surface area contributed by atoms with Crippen LogP contribution >= 0.6 is 11.6 Å². The van der Waals surface area contributed by atoms with E-state index in [1.807, 2.05) is 0 Å². The summed E-state index contributed by atoms with van der Waals surface area (Å²) in [6.45, 7) is 3.67. The van der Waals surface area contributed by atoms with Crippen LogP contribution in [0.4, 0.5) is 0 Å². The Morgan fingerprint density at radius 3 is 2.58 bits per heavy atom. The molecule has 0 fully saturated rings. The summed E-state index contributed by atoms with van der Waals surface area (Å²) >= 11 is 5.31. The third-order valence-corrected chi connectivity index (χ3v) is 1.28. The number of esters is 1. The zero-order valence-corrected chi connectivity index (χ0v) is 7.89. The zero-order chi connectivity index (χ0) is 9.56. The van der Waals surface area contributed by atoms with Crippen LogP contribution in [0.25, 0.3) is 0 Å². The van der Waals surface area contributed by atoms with Gasteiger partial charge in [-0.2, -0.15) is 0 Å². The highest BCUT2D eigenvalue weighted by atomic mass is 35.5. The number of rotatable bonds is 3. The fraction of sp³-hybridized carbons (Fsp3) is 0.375. The summed E-state index contributed by atoms with van der Waals surface area (Å²) in [4.78, 5) is 11.1. The Hall–Kier alpha value is -0.960. The van der Waals surface area contributed by atoms with Crippen molar-refractivity contribution in [1.29, 1.82) is 0 Å². The van der Waals surface area contributed by atoms with Crippen molar-refractivity contribution in [2.75, 3.05) is 6.61 Å². The van der Waals surface area contributed by atoms with Crippen LogP contribution in [0.3, 0.4) is 0 Å². The lowest BCUT2D eigenvalue weighted by Gasteiger charge is -2.03. The van der Waals surface area contributed by atoms with Crippen LogP contribution in [-0.2, 0) is 9.53 Å². The van der Waals surface area contributed by atoms with Gasteiger partial charge in [-0.05, 0) is 19.9 Å². The molecule has 0 aliphatic heterocycles. The maximum Gasteiger partial charge on any atom is 0.339 e. The molecule has 0 saturated heterocycles. The second-order valence-electron chi connectivity index (χ2n) is 2.11. The average Bonchev–Trinajstić information content (AvgIpc) is 1.99. The first-order valence-corrected chi connectivity index (χ1v) is 3.97. The Labute approximate surface area is 76.8 Å². The van der Waals surface area contributed by atoms with E-state index in [1.165, 1.54) is 11.6 Å². The van der Waals surface area contributed by atoms with E-state index in [1.54, 1.807) is 13.8 Å². The second-order valence-corrected chi connectivity index (χ2v) is 2.36. The Morgan fingerprint density at radius 2 is 2.25 bits per heavy atom. The molecule has 0 atom stereocenters. The molecule has 0 spiro atoms. The minimum absolute atomic E-state index is 0.298. The van der Waals surface area contributed by atoms with Gasteiger partial charge in [-0.25, -0.2) is 4.79 Å². The number of halogens is 1. The topological polar surface area (TPSA) is 52.3 Å². The van der Waals surface area contributed by atoms with Gasteiger partial charge in [0.2, 0.25) is 0 Å². The summed E-state index contributed by atoms with van der Waals surface area (Å²) in [5.74, 6) is -0.450. The van der Waals surface area contributed by atoms with Crippen LogP contribution in [0.15, 0.2) is 22.9 Å². The lowest BCUT2D eigenvalue weighted by molar-refractivity contribution is -0.138. The van der Waals surface area contributed by atoms with Gasteiger partial charge in [-0.15, -0.1) is 0 Å². The fourth-order valence-corrected chi connectivity index (χ4v) is 0.758. The second kappa shape index (κ2) is 5.66. The first-order valence-electron chi connectivity index (χ1n) is 3.53. The summed E-state index contributed by atoms with van der Waals surface area (Å²) in [5.41, 5.74) is 7.34. The van der Waals surface area contributed by atoms with Crippen molar-refractivity contribution in [1.82, 2.24) is 0 Å². The van der Waals surface area contributed by atoms with Crippen LogP contribution < -0.4 is 5.73 Å². The number of carbonyl (C=O) groups is 1. The van der Waals surface area contributed by atoms with Crippen molar-refractivity contribution in [2.24, 2.45) is 5.73 Å². The van der Waals surface area contributed by atoms with Crippen molar-refractivity contribution in [3.05, 3.63) is 22.9 Å². The number of hydrogen-bond acceptors (Lipinski definition) is 3. The number of allylic oxidation sites excluding steroid dienone is 1. The number of nitrogens with two attached hydrogens (primary N) is 1. The van der Waals surface area contributed by atoms with E-state index < -0.39 is 5.97 Å². The summed E-state index contributed by atoms with van der Waals surface area (Å²) in [7, 11) is 0. The molecule has 0 radical (unpaired) electrons. The molecule has 0 aromatic rings. The van der Waals surface area contributed by atoms with Gasteiger partial charge in [-0.1, -0.05) is 11.6 Å². The normalized spacial score (nSPS) is 12.9. The van der Waals surface area contributed by atoms with Crippen LogP contribution in [-0.4, -0.2) is 12.6 Å². The van der Waals surface area contributed by atoms with Gasteiger partial charge in [0.05, 0.1) is 12.2 Å². The van der Waals surface area contributed by atoms with E-state index in [-0.39, 0.29) is 0 Å². The summed E-state index contributed by atoms with van der Waals surface area (Å²) in [6, 6.07) is 0.